The quantitative estimate of drug-likeness (QED) is 0.470. The van der Waals surface area contributed by atoms with Crippen LogP contribution in [0, 0.1) is 0 Å². The van der Waals surface area contributed by atoms with Gasteiger partial charge < -0.3 is 0 Å². The average Bonchev–Trinajstić information content (AvgIpc) is 3.25. The third kappa shape index (κ3) is 4.15. The Kier molecular flexibility index (Phi) is 5.32. The molecular weight excluding hydrogens is 372 g/mol. The second-order valence-corrected chi connectivity index (χ2v) is 6.77. The molecule has 148 valence electrons. The van der Waals surface area contributed by atoms with Gasteiger partial charge in [0.15, 0.2) is 0 Å². The van der Waals surface area contributed by atoms with Gasteiger partial charge in [0.2, 0.25) is 0 Å². The number of carbonyl (C=O) groups is 2. The molecule has 29 heavy (non-hydrogen) atoms. The van der Waals surface area contributed by atoms with Gasteiger partial charge in [-0.15, -0.1) is 0 Å². The van der Waals surface area contributed by atoms with E-state index in [1.807, 2.05) is 30.3 Å². The van der Waals surface area contributed by atoms with Crippen molar-refractivity contribution in [2.24, 2.45) is 0 Å². The number of fused-ring (bicyclic) bond motifs is 1. The molecule has 2 atom stereocenters. The molecule has 0 saturated carbocycles. The number of aromatic nitrogens is 2. The fourth-order valence-electron chi connectivity index (χ4n) is 3.26. The largest absolute Gasteiger partial charge is 0.289 e. The Hall–Kier alpha value is -3.56. The lowest BCUT2D eigenvalue weighted by atomic mass is 10.0. The van der Waals surface area contributed by atoms with Crippen LogP contribution in [0.4, 0.5) is 0 Å². The molecule has 1 aromatic heterocycles. The van der Waals surface area contributed by atoms with Crippen LogP contribution in [0.5, 0.6) is 0 Å². The Morgan fingerprint density at radius 1 is 1.03 bits per heavy atom. The summed E-state index contributed by atoms with van der Waals surface area (Å²) in [5.74, 6) is -0.892. The lowest BCUT2D eigenvalue weighted by molar-refractivity contribution is -0.130. The van der Waals surface area contributed by atoms with E-state index in [-0.39, 0.29) is 24.1 Å². The molecule has 4 N–H and O–H groups in total. The van der Waals surface area contributed by atoms with E-state index in [4.69, 9.17) is 0 Å². The molecule has 0 bridgehead atoms. The van der Waals surface area contributed by atoms with Crippen molar-refractivity contribution in [1.29, 1.82) is 0 Å². The lowest BCUT2D eigenvalue weighted by Crippen LogP contribution is -2.51. The second-order valence-electron chi connectivity index (χ2n) is 6.77. The summed E-state index contributed by atoms with van der Waals surface area (Å²) < 4.78 is 1.20. The topological polar surface area (TPSA) is 117 Å². The number of hydrazine groups is 2. The summed E-state index contributed by atoms with van der Waals surface area (Å²) >= 11 is 0. The van der Waals surface area contributed by atoms with Gasteiger partial charge in [0.25, 0.3) is 17.4 Å². The van der Waals surface area contributed by atoms with E-state index in [0.29, 0.717) is 17.3 Å². The molecule has 3 aromatic rings. The highest BCUT2D eigenvalue weighted by atomic mass is 16.2. The van der Waals surface area contributed by atoms with Crippen molar-refractivity contribution in [3.8, 4) is 0 Å². The molecule has 1 aliphatic rings. The molecule has 0 radical (unpaired) electrons. The molecule has 2 amide bonds. The highest BCUT2D eigenvalue weighted by molar-refractivity contribution is 5.85. The van der Waals surface area contributed by atoms with Crippen LogP contribution in [0.1, 0.15) is 18.0 Å². The first kappa shape index (κ1) is 18.8. The number of rotatable bonds is 4. The summed E-state index contributed by atoms with van der Waals surface area (Å²) in [6.07, 6.45) is 1.86. The van der Waals surface area contributed by atoms with Crippen molar-refractivity contribution in [2.45, 2.75) is 25.0 Å². The third-order valence-electron chi connectivity index (χ3n) is 4.79. The SMILES string of the molecule is O=C(Cn1cnc2ccccc2c1=O)NNC(=O)C1CC(c2ccccc2)NN1. The van der Waals surface area contributed by atoms with Crippen molar-refractivity contribution in [3.05, 3.63) is 76.8 Å². The Labute approximate surface area is 166 Å². The minimum Gasteiger partial charge on any atom is -0.289 e. The minimum absolute atomic E-state index is 0.00454. The lowest BCUT2D eigenvalue weighted by Gasteiger charge is -2.12. The first-order valence-electron chi connectivity index (χ1n) is 9.20. The van der Waals surface area contributed by atoms with Crippen LogP contribution in [0.15, 0.2) is 65.7 Å². The van der Waals surface area contributed by atoms with Crippen LogP contribution >= 0.6 is 0 Å². The zero-order chi connectivity index (χ0) is 20.2. The van der Waals surface area contributed by atoms with E-state index in [1.54, 1.807) is 24.3 Å². The molecule has 9 nitrogen and oxygen atoms in total. The van der Waals surface area contributed by atoms with Crippen LogP contribution in [0.2, 0.25) is 0 Å². The third-order valence-corrected chi connectivity index (χ3v) is 4.79. The van der Waals surface area contributed by atoms with Gasteiger partial charge in [-0.3, -0.25) is 29.8 Å². The monoisotopic (exact) mass is 392 g/mol. The zero-order valence-electron chi connectivity index (χ0n) is 15.5. The van der Waals surface area contributed by atoms with Crippen LogP contribution in [0.25, 0.3) is 10.9 Å². The van der Waals surface area contributed by atoms with Gasteiger partial charge >= 0.3 is 0 Å². The molecule has 0 spiro atoms. The Morgan fingerprint density at radius 2 is 1.79 bits per heavy atom. The standard InChI is InChI=1S/C20H20N6O3/c27-18(11-26-12-21-15-9-5-4-8-14(15)20(26)29)24-25-19(28)17-10-16(22-23-17)13-6-2-1-3-7-13/h1-9,12,16-17,22-23H,10-11H2,(H,24,27)(H,25,28). The molecule has 1 aliphatic heterocycles. The zero-order valence-corrected chi connectivity index (χ0v) is 15.5. The molecule has 2 unspecified atom stereocenters. The van der Waals surface area contributed by atoms with E-state index in [0.717, 1.165) is 5.56 Å². The average molecular weight is 392 g/mol. The normalized spacial score (nSPS) is 18.5. The summed E-state index contributed by atoms with van der Waals surface area (Å²) in [4.78, 5) is 41.1. The Morgan fingerprint density at radius 3 is 2.62 bits per heavy atom. The van der Waals surface area contributed by atoms with Crippen LogP contribution in [-0.4, -0.2) is 27.4 Å². The molecule has 2 aromatic carbocycles. The van der Waals surface area contributed by atoms with E-state index in [1.165, 1.54) is 10.9 Å². The Bertz CT molecular complexity index is 1100. The van der Waals surface area contributed by atoms with Crippen LogP contribution in [-0.2, 0) is 16.1 Å². The highest BCUT2D eigenvalue weighted by Gasteiger charge is 2.30. The van der Waals surface area contributed by atoms with E-state index in [9.17, 15) is 14.4 Å². The summed E-state index contributed by atoms with van der Waals surface area (Å²) in [5.41, 5.74) is 12.1. The summed E-state index contributed by atoms with van der Waals surface area (Å²) in [6.45, 7) is -0.250. The number of benzene rings is 2. The van der Waals surface area contributed by atoms with Gasteiger partial charge in [0.1, 0.15) is 12.6 Å². The molecule has 9 heteroatoms. The van der Waals surface area contributed by atoms with Crippen molar-refractivity contribution in [2.75, 3.05) is 0 Å². The van der Waals surface area contributed by atoms with E-state index in [2.05, 4.69) is 26.7 Å². The van der Waals surface area contributed by atoms with Crippen molar-refractivity contribution in [3.63, 3.8) is 0 Å². The number of nitrogens with one attached hydrogen (secondary N) is 4. The summed E-state index contributed by atoms with van der Waals surface area (Å²) in [6, 6.07) is 16.2. The highest BCUT2D eigenvalue weighted by Crippen LogP contribution is 2.21. The van der Waals surface area contributed by atoms with E-state index < -0.39 is 11.9 Å². The molecule has 0 aliphatic carbocycles. The van der Waals surface area contributed by atoms with Crippen molar-refractivity contribution >= 4 is 22.7 Å². The fourth-order valence-corrected chi connectivity index (χ4v) is 3.26. The molecule has 1 saturated heterocycles. The van der Waals surface area contributed by atoms with Crippen LogP contribution in [0.3, 0.4) is 0 Å². The maximum Gasteiger partial charge on any atom is 0.261 e. The number of carbonyl (C=O) groups excluding carboxylic acids is 2. The predicted molar refractivity (Wildman–Crippen MR) is 106 cm³/mol. The van der Waals surface area contributed by atoms with Gasteiger partial charge in [-0.2, -0.15) is 0 Å². The maximum absolute atomic E-state index is 12.4. The summed E-state index contributed by atoms with van der Waals surface area (Å²) in [7, 11) is 0. The van der Waals surface area contributed by atoms with Gasteiger partial charge in [0, 0.05) is 6.04 Å². The van der Waals surface area contributed by atoms with Gasteiger partial charge in [0.05, 0.1) is 17.2 Å². The molecule has 2 heterocycles. The Balaban J connectivity index is 1.31. The fraction of sp³-hybridized carbons (Fsp3) is 0.200. The minimum atomic E-state index is -0.525. The van der Waals surface area contributed by atoms with E-state index >= 15 is 0 Å². The number of nitrogens with zero attached hydrogens (tertiary/aromatic N) is 2. The number of hydrogen-bond donors (Lipinski definition) is 4. The number of hydrogen-bond acceptors (Lipinski definition) is 6. The first-order chi connectivity index (χ1) is 14.1. The maximum atomic E-state index is 12.4. The molecule has 4 rings (SSSR count). The van der Waals surface area contributed by atoms with Crippen LogP contribution < -0.4 is 27.3 Å². The first-order valence-corrected chi connectivity index (χ1v) is 9.20. The second kappa shape index (κ2) is 8.21. The molecular formula is C20H20N6O3. The van der Waals surface area contributed by atoms with Gasteiger partial charge in [-0.05, 0) is 24.1 Å². The van der Waals surface area contributed by atoms with Crippen molar-refractivity contribution in [1.82, 2.24) is 31.3 Å². The van der Waals surface area contributed by atoms with Crippen molar-refractivity contribution < 1.29 is 9.59 Å². The smallest absolute Gasteiger partial charge is 0.261 e. The number of para-hydroxylation sites is 1. The predicted octanol–water partition coefficient (Wildman–Crippen LogP) is 0.152. The van der Waals surface area contributed by atoms with Gasteiger partial charge in [-0.1, -0.05) is 42.5 Å². The molecule has 1 fully saturated rings. The number of amides is 2. The summed E-state index contributed by atoms with van der Waals surface area (Å²) in [5, 5.41) is 0.431. The van der Waals surface area contributed by atoms with Gasteiger partial charge in [-0.25, -0.2) is 15.8 Å².